The van der Waals surface area contributed by atoms with Crippen molar-refractivity contribution in [3.05, 3.63) is 32.8 Å². The predicted octanol–water partition coefficient (Wildman–Crippen LogP) is -1.20. The molecular weight excluding hydrogens is 266 g/mol. The number of methoxy groups -OCH3 is 1. The number of nitrogens with one attached hydrogen (secondary N) is 1. The second-order valence-electron chi connectivity index (χ2n) is 4.43. The van der Waals surface area contributed by atoms with Gasteiger partial charge in [0, 0.05) is 25.7 Å². The third kappa shape index (κ3) is 4.08. The Bertz CT molecular complexity index is 604. The zero-order valence-electron chi connectivity index (χ0n) is 11.6. The Morgan fingerprint density at radius 3 is 2.65 bits per heavy atom. The summed E-state index contributed by atoms with van der Waals surface area (Å²) in [5.74, 6) is -1.29. The van der Waals surface area contributed by atoms with E-state index in [2.05, 4.69) is 9.84 Å². The fourth-order valence-electron chi connectivity index (χ4n) is 1.62. The van der Waals surface area contributed by atoms with Crippen LogP contribution in [-0.2, 0) is 20.9 Å². The van der Waals surface area contributed by atoms with E-state index in [0.717, 1.165) is 16.8 Å². The monoisotopic (exact) mass is 283 g/mol. The zero-order chi connectivity index (χ0) is 15.3. The van der Waals surface area contributed by atoms with E-state index in [1.807, 2.05) is 0 Å². The lowest BCUT2D eigenvalue weighted by Gasteiger charge is -2.20. The van der Waals surface area contributed by atoms with Crippen LogP contribution in [-0.4, -0.2) is 47.3 Å². The Labute approximate surface area is 114 Å². The van der Waals surface area contributed by atoms with Crippen molar-refractivity contribution < 1.29 is 14.3 Å². The van der Waals surface area contributed by atoms with Crippen LogP contribution in [0.5, 0.6) is 0 Å². The number of likely N-dealkylation sites (N-methyl/N-ethyl adjacent to an activating group) is 1. The number of aromatic amines is 1. The van der Waals surface area contributed by atoms with E-state index in [4.69, 9.17) is 0 Å². The summed E-state index contributed by atoms with van der Waals surface area (Å²) in [5, 5.41) is 2.26. The van der Waals surface area contributed by atoms with Gasteiger partial charge in [-0.3, -0.25) is 24.3 Å². The molecule has 1 unspecified atom stereocenters. The molecule has 0 fully saturated rings. The number of rotatable bonds is 5. The van der Waals surface area contributed by atoms with E-state index in [1.165, 1.54) is 19.1 Å². The lowest BCUT2D eigenvalue weighted by atomic mass is 10.2. The molecule has 0 aliphatic rings. The summed E-state index contributed by atoms with van der Waals surface area (Å²) in [6.45, 7) is 1.50. The largest absolute Gasteiger partial charge is 0.469 e. The average Bonchev–Trinajstić information content (AvgIpc) is 2.41. The van der Waals surface area contributed by atoms with Gasteiger partial charge in [0.15, 0.2) is 0 Å². The van der Waals surface area contributed by atoms with E-state index < -0.39 is 28.9 Å². The minimum Gasteiger partial charge on any atom is -0.469 e. The van der Waals surface area contributed by atoms with Gasteiger partial charge in [0.05, 0.1) is 13.0 Å². The summed E-state index contributed by atoms with van der Waals surface area (Å²) >= 11 is 0. The molecule has 0 aliphatic carbocycles. The number of hydrogen-bond donors (Lipinski definition) is 1. The third-order valence-electron chi connectivity index (χ3n) is 2.76. The maximum absolute atomic E-state index is 11.9. The number of aromatic nitrogens is 2. The highest BCUT2D eigenvalue weighted by atomic mass is 16.5. The van der Waals surface area contributed by atoms with Crippen LogP contribution in [0.2, 0.25) is 0 Å². The van der Waals surface area contributed by atoms with Crippen LogP contribution in [0.4, 0.5) is 0 Å². The van der Waals surface area contributed by atoms with Crippen molar-refractivity contribution in [2.24, 2.45) is 5.92 Å². The third-order valence-corrected chi connectivity index (χ3v) is 2.76. The van der Waals surface area contributed by atoms with Crippen LogP contribution in [0.15, 0.2) is 21.7 Å². The fourth-order valence-corrected chi connectivity index (χ4v) is 1.62. The molecule has 1 N–H and O–H groups in total. The topological polar surface area (TPSA) is 101 Å². The number of carbonyl (C=O) groups excluding carboxylic acids is 2. The quantitative estimate of drug-likeness (QED) is 0.684. The van der Waals surface area contributed by atoms with E-state index in [9.17, 15) is 19.2 Å². The second kappa shape index (κ2) is 6.69. The van der Waals surface area contributed by atoms with Crippen molar-refractivity contribution in [2.75, 3.05) is 20.7 Å². The minimum absolute atomic E-state index is 0.164. The molecular formula is C12H17N3O5. The molecule has 8 heteroatoms. The van der Waals surface area contributed by atoms with Crippen LogP contribution in [0.3, 0.4) is 0 Å². The molecule has 1 amide bonds. The summed E-state index contributed by atoms with van der Waals surface area (Å²) < 4.78 is 5.49. The normalized spacial score (nSPS) is 11.8. The molecule has 0 aromatic carbocycles. The van der Waals surface area contributed by atoms with Gasteiger partial charge >= 0.3 is 5.97 Å². The lowest BCUT2D eigenvalue weighted by molar-refractivity contribution is -0.146. The molecule has 8 nitrogen and oxygen atoms in total. The van der Waals surface area contributed by atoms with Crippen LogP contribution >= 0.6 is 0 Å². The summed E-state index contributed by atoms with van der Waals surface area (Å²) in [6, 6.07) is 2.18. The maximum atomic E-state index is 11.9. The van der Waals surface area contributed by atoms with E-state index in [-0.39, 0.29) is 13.1 Å². The second-order valence-corrected chi connectivity index (χ2v) is 4.43. The first-order valence-electron chi connectivity index (χ1n) is 5.97. The minimum atomic E-state index is -0.479. The zero-order valence-corrected chi connectivity index (χ0v) is 11.6. The number of hydrogen-bond acceptors (Lipinski definition) is 5. The standard InChI is InChI=1S/C12H17N3O5/c1-8(12(19)20-3)6-14(2)11(18)7-15-10(17)5-4-9(16)13-15/h4-5,8H,6-7H2,1-3H3,(H,13,16). The molecule has 20 heavy (non-hydrogen) atoms. The molecule has 0 saturated heterocycles. The summed E-state index contributed by atoms with van der Waals surface area (Å²) in [6.07, 6.45) is 0. The van der Waals surface area contributed by atoms with Crippen molar-refractivity contribution in [3.63, 3.8) is 0 Å². The molecule has 1 aromatic heterocycles. The molecule has 1 rings (SSSR count). The number of nitrogens with zero attached hydrogens (tertiary/aromatic N) is 2. The molecule has 0 bridgehead atoms. The number of carbonyl (C=O) groups is 2. The lowest BCUT2D eigenvalue weighted by Crippen LogP contribution is -2.39. The van der Waals surface area contributed by atoms with Crippen molar-refractivity contribution in [3.8, 4) is 0 Å². The first-order chi connectivity index (χ1) is 9.35. The summed E-state index contributed by atoms with van der Waals surface area (Å²) in [4.78, 5) is 47.0. The SMILES string of the molecule is COC(=O)C(C)CN(C)C(=O)Cn1[nH]c(=O)ccc1=O. The van der Waals surface area contributed by atoms with E-state index in [1.54, 1.807) is 6.92 Å². The Morgan fingerprint density at radius 1 is 1.40 bits per heavy atom. The van der Waals surface area contributed by atoms with Gasteiger partial charge in [0.25, 0.3) is 11.1 Å². The average molecular weight is 283 g/mol. The molecule has 0 radical (unpaired) electrons. The number of amides is 1. The Morgan fingerprint density at radius 2 is 2.05 bits per heavy atom. The van der Waals surface area contributed by atoms with Gasteiger partial charge in [-0.05, 0) is 0 Å². The Hall–Kier alpha value is -2.38. The van der Waals surface area contributed by atoms with Crippen molar-refractivity contribution in [2.45, 2.75) is 13.5 Å². The molecule has 0 spiro atoms. The maximum Gasteiger partial charge on any atom is 0.310 e. The van der Waals surface area contributed by atoms with Gasteiger partial charge in [0.1, 0.15) is 6.54 Å². The van der Waals surface area contributed by atoms with Crippen molar-refractivity contribution in [1.29, 1.82) is 0 Å². The van der Waals surface area contributed by atoms with Crippen LogP contribution in [0.1, 0.15) is 6.92 Å². The Kier molecular flexibility index (Phi) is 5.24. The molecule has 1 heterocycles. The van der Waals surface area contributed by atoms with E-state index >= 15 is 0 Å². The first-order valence-corrected chi connectivity index (χ1v) is 5.97. The van der Waals surface area contributed by atoms with Gasteiger partial charge in [0.2, 0.25) is 5.91 Å². The number of H-pyrrole nitrogens is 1. The van der Waals surface area contributed by atoms with Gasteiger partial charge in [-0.2, -0.15) is 0 Å². The smallest absolute Gasteiger partial charge is 0.310 e. The summed E-state index contributed by atoms with van der Waals surface area (Å²) in [7, 11) is 2.78. The van der Waals surface area contributed by atoms with Gasteiger partial charge in [-0.25, -0.2) is 4.68 Å². The molecule has 110 valence electrons. The Balaban J connectivity index is 2.71. The predicted molar refractivity (Wildman–Crippen MR) is 70.1 cm³/mol. The van der Waals surface area contributed by atoms with Crippen LogP contribution < -0.4 is 11.1 Å². The van der Waals surface area contributed by atoms with Gasteiger partial charge < -0.3 is 9.64 Å². The molecule has 1 aromatic rings. The highest BCUT2D eigenvalue weighted by Gasteiger charge is 2.19. The molecule has 0 saturated carbocycles. The highest BCUT2D eigenvalue weighted by molar-refractivity contribution is 5.77. The van der Waals surface area contributed by atoms with Gasteiger partial charge in [-0.1, -0.05) is 6.92 Å². The molecule has 1 atom stereocenters. The van der Waals surface area contributed by atoms with E-state index in [0.29, 0.717) is 0 Å². The number of esters is 1. The first kappa shape index (κ1) is 15.7. The highest BCUT2D eigenvalue weighted by Crippen LogP contribution is 2.01. The van der Waals surface area contributed by atoms with Gasteiger partial charge in [-0.15, -0.1) is 0 Å². The summed E-state index contributed by atoms with van der Waals surface area (Å²) in [5.41, 5.74) is -0.949. The van der Waals surface area contributed by atoms with Crippen molar-refractivity contribution in [1.82, 2.24) is 14.7 Å². The van der Waals surface area contributed by atoms with Crippen LogP contribution in [0, 0.1) is 5.92 Å². The molecule has 0 aliphatic heterocycles. The number of ether oxygens (including phenoxy) is 1. The van der Waals surface area contributed by atoms with Crippen LogP contribution in [0.25, 0.3) is 0 Å². The fraction of sp³-hybridized carbons (Fsp3) is 0.500. The van der Waals surface area contributed by atoms with Crippen molar-refractivity contribution >= 4 is 11.9 Å².